The van der Waals surface area contributed by atoms with Crippen LogP contribution in [0.2, 0.25) is 0 Å². The van der Waals surface area contributed by atoms with E-state index in [1.165, 1.54) is 6.07 Å². The molecule has 0 spiro atoms. The summed E-state index contributed by atoms with van der Waals surface area (Å²) in [5.74, 6) is -0.438. The lowest BCUT2D eigenvalue weighted by Crippen LogP contribution is -2.21. The van der Waals surface area contributed by atoms with Crippen molar-refractivity contribution in [3.8, 4) is 6.07 Å². The third kappa shape index (κ3) is 4.51. The van der Waals surface area contributed by atoms with Crippen LogP contribution in [0.3, 0.4) is 0 Å². The maximum Gasteiger partial charge on any atom is 0.145 e. The number of hydrogen-bond donors (Lipinski definition) is 1. The molecule has 0 aliphatic rings. The monoisotopic (exact) mass is 236 g/mol. The normalized spacial score (nSPS) is 10.5. The van der Waals surface area contributed by atoms with Crippen molar-refractivity contribution in [2.75, 3.05) is 13.2 Å². The lowest BCUT2D eigenvalue weighted by atomic mass is 10.1. The van der Waals surface area contributed by atoms with E-state index in [1.807, 2.05) is 19.9 Å². The number of ether oxygens (including phenoxy) is 1. The molecule has 3 nitrogen and oxygen atoms in total. The van der Waals surface area contributed by atoms with E-state index in [2.05, 4.69) is 5.32 Å². The molecule has 0 heterocycles. The number of benzene rings is 1. The Hall–Kier alpha value is -1.44. The summed E-state index contributed by atoms with van der Waals surface area (Å²) in [5.41, 5.74) is 0.594. The summed E-state index contributed by atoms with van der Waals surface area (Å²) in [6.45, 7) is 5.60. The maximum atomic E-state index is 13.6. The molecule has 0 fully saturated rings. The number of nitrogens with zero attached hydrogens (tertiary/aromatic N) is 1. The molecule has 0 unspecified atom stereocenters. The zero-order valence-corrected chi connectivity index (χ0v) is 10.2. The van der Waals surface area contributed by atoms with E-state index in [9.17, 15) is 4.39 Å². The fourth-order valence-electron chi connectivity index (χ4n) is 1.39. The molecule has 0 amide bonds. The zero-order chi connectivity index (χ0) is 12.7. The first-order valence-electron chi connectivity index (χ1n) is 5.65. The molecule has 0 atom stereocenters. The summed E-state index contributed by atoms with van der Waals surface area (Å²) >= 11 is 0. The maximum absolute atomic E-state index is 13.6. The van der Waals surface area contributed by atoms with Gasteiger partial charge in [-0.1, -0.05) is 12.1 Å². The minimum Gasteiger partial charge on any atom is -0.377 e. The first-order valence-corrected chi connectivity index (χ1v) is 5.65. The van der Waals surface area contributed by atoms with E-state index in [0.717, 1.165) is 0 Å². The van der Waals surface area contributed by atoms with E-state index in [0.29, 0.717) is 25.3 Å². The summed E-state index contributed by atoms with van der Waals surface area (Å²) in [7, 11) is 0. The quantitative estimate of drug-likeness (QED) is 0.770. The van der Waals surface area contributed by atoms with Crippen molar-refractivity contribution >= 4 is 0 Å². The standard InChI is InChI=1S/C13H17FN2O/c1-10(2)17-7-6-16-9-12-5-3-4-11(8-15)13(12)14/h3-5,10,16H,6-7,9H2,1-2H3. The average Bonchev–Trinajstić information content (AvgIpc) is 2.30. The van der Waals surface area contributed by atoms with Gasteiger partial charge in [0, 0.05) is 18.7 Å². The lowest BCUT2D eigenvalue weighted by molar-refractivity contribution is 0.0806. The van der Waals surface area contributed by atoms with Crippen LogP contribution in [0.25, 0.3) is 0 Å². The van der Waals surface area contributed by atoms with E-state index < -0.39 is 5.82 Å². The van der Waals surface area contributed by atoms with Crippen molar-refractivity contribution in [2.45, 2.75) is 26.5 Å². The van der Waals surface area contributed by atoms with Gasteiger partial charge in [-0.25, -0.2) is 4.39 Å². The molecule has 0 saturated carbocycles. The molecular formula is C13H17FN2O. The highest BCUT2D eigenvalue weighted by Gasteiger charge is 2.06. The summed E-state index contributed by atoms with van der Waals surface area (Å²) in [4.78, 5) is 0. The molecule has 1 N–H and O–H groups in total. The third-order valence-electron chi connectivity index (χ3n) is 2.24. The Morgan fingerprint density at radius 2 is 2.24 bits per heavy atom. The minimum absolute atomic E-state index is 0.0859. The van der Waals surface area contributed by atoms with Crippen LogP contribution in [-0.2, 0) is 11.3 Å². The Morgan fingerprint density at radius 3 is 2.88 bits per heavy atom. The predicted octanol–water partition coefficient (Wildman–Crippen LogP) is 2.21. The highest BCUT2D eigenvalue weighted by molar-refractivity contribution is 5.34. The number of nitrogens with one attached hydrogen (secondary N) is 1. The van der Waals surface area contributed by atoms with Gasteiger partial charge in [0.2, 0.25) is 0 Å². The van der Waals surface area contributed by atoms with Gasteiger partial charge in [0.1, 0.15) is 11.9 Å². The molecular weight excluding hydrogens is 219 g/mol. The Kier molecular flexibility index (Phi) is 5.61. The van der Waals surface area contributed by atoms with Crippen LogP contribution < -0.4 is 5.32 Å². The molecule has 1 aromatic carbocycles. The van der Waals surface area contributed by atoms with Crippen LogP contribution in [0.5, 0.6) is 0 Å². The fraction of sp³-hybridized carbons (Fsp3) is 0.462. The molecule has 0 aromatic heterocycles. The molecule has 0 bridgehead atoms. The predicted molar refractivity (Wildman–Crippen MR) is 63.9 cm³/mol. The van der Waals surface area contributed by atoms with Gasteiger partial charge in [-0.05, 0) is 19.9 Å². The van der Waals surface area contributed by atoms with Gasteiger partial charge in [0.15, 0.2) is 0 Å². The van der Waals surface area contributed by atoms with Crippen molar-refractivity contribution in [3.05, 3.63) is 35.1 Å². The number of hydrogen-bond acceptors (Lipinski definition) is 3. The molecule has 17 heavy (non-hydrogen) atoms. The van der Waals surface area contributed by atoms with Gasteiger partial charge in [0.05, 0.1) is 18.3 Å². The number of halogens is 1. The lowest BCUT2D eigenvalue weighted by Gasteiger charge is -2.09. The highest BCUT2D eigenvalue weighted by Crippen LogP contribution is 2.11. The number of nitriles is 1. The van der Waals surface area contributed by atoms with E-state index in [4.69, 9.17) is 10.00 Å². The van der Waals surface area contributed by atoms with Gasteiger partial charge in [-0.3, -0.25) is 0 Å². The zero-order valence-electron chi connectivity index (χ0n) is 10.2. The largest absolute Gasteiger partial charge is 0.377 e. The third-order valence-corrected chi connectivity index (χ3v) is 2.24. The SMILES string of the molecule is CC(C)OCCNCc1cccc(C#N)c1F. The van der Waals surface area contributed by atoms with E-state index in [-0.39, 0.29) is 11.7 Å². The van der Waals surface area contributed by atoms with Crippen molar-refractivity contribution in [1.82, 2.24) is 5.32 Å². The minimum atomic E-state index is -0.438. The average molecular weight is 236 g/mol. The molecule has 1 rings (SSSR count). The van der Waals surface area contributed by atoms with Gasteiger partial charge < -0.3 is 10.1 Å². The first-order chi connectivity index (χ1) is 8.15. The second-order valence-electron chi connectivity index (χ2n) is 3.99. The van der Waals surface area contributed by atoms with Gasteiger partial charge >= 0.3 is 0 Å². The van der Waals surface area contributed by atoms with Gasteiger partial charge in [0.25, 0.3) is 0 Å². The molecule has 0 aliphatic carbocycles. The van der Waals surface area contributed by atoms with Gasteiger partial charge in [-0.2, -0.15) is 5.26 Å². The van der Waals surface area contributed by atoms with Crippen molar-refractivity contribution in [1.29, 1.82) is 5.26 Å². The topological polar surface area (TPSA) is 45.0 Å². The van der Waals surface area contributed by atoms with Crippen LogP contribution in [0.15, 0.2) is 18.2 Å². The summed E-state index contributed by atoms with van der Waals surface area (Å²) in [5, 5.41) is 11.8. The summed E-state index contributed by atoms with van der Waals surface area (Å²) < 4.78 is 19.0. The van der Waals surface area contributed by atoms with Crippen molar-refractivity contribution in [2.24, 2.45) is 0 Å². The van der Waals surface area contributed by atoms with Crippen LogP contribution >= 0.6 is 0 Å². The van der Waals surface area contributed by atoms with Crippen molar-refractivity contribution < 1.29 is 9.13 Å². The van der Waals surface area contributed by atoms with E-state index >= 15 is 0 Å². The van der Waals surface area contributed by atoms with Crippen LogP contribution in [0.4, 0.5) is 4.39 Å². The number of rotatable bonds is 6. The van der Waals surface area contributed by atoms with Gasteiger partial charge in [-0.15, -0.1) is 0 Å². The second-order valence-corrected chi connectivity index (χ2v) is 3.99. The fourth-order valence-corrected chi connectivity index (χ4v) is 1.39. The highest BCUT2D eigenvalue weighted by atomic mass is 19.1. The van der Waals surface area contributed by atoms with Crippen LogP contribution in [0.1, 0.15) is 25.0 Å². The molecule has 0 aliphatic heterocycles. The Labute approximate surface area is 101 Å². The van der Waals surface area contributed by atoms with Crippen LogP contribution in [0, 0.1) is 17.1 Å². The molecule has 0 radical (unpaired) electrons. The van der Waals surface area contributed by atoms with Crippen LogP contribution in [-0.4, -0.2) is 19.3 Å². The summed E-state index contributed by atoms with van der Waals surface area (Å²) in [6.07, 6.45) is 0.204. The Morgan fingerprint density at radius 1 is 1.47 bits per heavy atom. The Bertz CT molecular complexity index is 399. The second kappa shape index (κ2) is 7.00. The molecule has 0 saturated heterocycles. The molecule has 1 aromatic rings. The van der Waals surface area contributed by atoms with Crippen molar-refractivity contribution in [3.63, 3.8) is 0 Å². The summed E-state index contributed by atoms with van der Waals surface area (Å²) in [6, 6.07) is 6.65. The smallest absolute Gasteiger partial charge is 0.145 e. The first kappa shape index (κ1) is 13.6. The Balaban J connectivity index is 2.40. The van der Waals surface area contributed by atoms with E-state index in [1.54, 1.807) is 12.1 Å². The molecule has 4 heteroatoms. The molecule has 92 valence electrons.